The van der Waals surface area contributed by atoms with Crippen molar-refractivity contribution >= 4 is 34.4 Å². The van der Waals surface area contributed by atoms with Crippen LogP contribution in [0.2, 0.25) is 0 Å². The predicted molar refractivity (Wildman–Crippen MR) is 176 cm³/mol. The fraction of sp³-hybridized carbons (Fsp3) is 0.472. The number of alkyl carbamates (subject to hydrolysis) is 1. The molecule has 2 aliphatic carbocycles. The lowest BCUT2D eigenvalue weighted by Crippen LogP contribution is -2.34. The molecule has 2 aromatic rings. The van der Waals surface area contributed by atoms with E-state index in [2.05, 4.69) is 54.2 Å². The normalized spacial score (nSPS) is 21.3. The zero-order valence-corrected chi connectivity index (χ0v) is 26.3. The van der Waals surface area contributed by atoms with Crippen LogP contribution in [0.3, 0.4) is 0 Å². The molecule has 0 saturated heterocycles. The van der Waals surface area contributed by atoms with E-state index in [1.165, 1.54) is 22.4 Å². The number of ketones is 1. The quantitative estimate of drug-likeness (QED) is 0.296. The highest BCUT2D eigenvalue weighted by Crippen LogP contribution is 2.40. The van der Waals surface area contributed by atoms with Gasteiger partial charge in [-0.15, -0.1) is 0 Å². The first-order chi connectivity index (χ1) is 21.9. The maximum absolute atomic E-state index is 13.6. The Morgan fingerprint density at radius 1 is 1.04 bits per heavy atom. The molecular formula is C36H44N4O5. The number of carbonyl (C=O) groups is 2. The average Bonchev–Trinajstić information content (AvgIpc) is 3.02. The minimum atomic E-state index is -0.439. The Hall–Kier alpha value is -3.95. The topological polar surface area (TPSA) is 121 Å². The minimum Gasteiger partial charge on any atom is -0.446 e. The van der Waals surface area contributed by atoms with E-state index in [1.54, 1.807) is 0 Å². The maximum Gasteiger partial charge on any atom is 0.407 e. The number of aliphatic hydroxyl groups is 1. The average molecular weight is 613 g/mol. The lowest BCUT2D eigenvalue weighted by atomic mass is 9.78. The summed E-state index contributed by atoms with van der Waals surface area (Å²) in [5.41, 5.74) is 15.2. The number of fused-ring (bicyclic) bond motifs is 3. The molecule has 0 radical (unpaired) electrons. The van der Waals surface area contributed by atoms with Crippen LogP contribution in [-0.2, 0) is 27.1 Å². The second kappa shape index (κ2) is 14.0. The Morgan fingerprint density at radius 2 is 1.91 bits per heavy atom. The zero-order valence-electron chi connectivity index (χ0n) is 26.3. The molecule has 4 aliphatic rings. The number of Topliss-reactive ketones (excluding diaryl/α,β-unsaturated/α-hetero) is 1. The van der Waals surface area contributed by atoms with E-state index in [4.69, 9.17) is 19.7 Å². The molecule has 1 saturated carbocycles. The third kappa shape index (κ3) is 6.84. The van der Waals surface area contributed by atoms with Crippen molar-refractivity contribution < 1.29 is 24.2 Å². The lowest BCUT2D eigenvalue weighted by molar-refractivity contribution is -0.113. The summed E-state index contributed by atoms with van der Waals surface area (Å²) >= 11 is 0. The van der Waals surface area contributed by atoms with Gasteiger partial charge in [-0.3, -0.25) is 10.2 Å². The van der Waals surface area contributed by atoms with Gasteiger partial charge in [-0.2, -0.15) is 5.10 Å². The van der Waals surface area contributed by atoms with E-state index in [1.807, 2.05) is 12.1 Å². The van der Waals surface area contributed by atoms with Gasteiger partial charge in [0, 0.05) is 42.4 Å². The first-order valence-electron chi connectivity index (χ1n) is 16.3. The number of aryl methyl sites for hydroxylation is 1. The molecule has 0 bridgehead atoms. The van der Waals surface area contributed by atoms with Gasteiger partial charge in [-0.1, -0.05) is 18.2 Å². The van der Waals surface area contributed by atoms with Gasteiger partial charge in [0.2, 0.25) is 0 Å². The first kappa shape index (κ1) is 31.0. The van der Waals surface area contributed by atoms with E-state index in [0.29, 0.717) is 19.6 Å². The molecule has 238 valence electrons. The third-order valence-corrected chi connectivity index (χ3v) is 9.47. The number of allylic oxidation sites excluding steroid dienone is 4. The zero-order chi connectivity index (χ0) is 31.3. The summed E-state index contributed by atoms with van der Waals surface area (Å²) in [6.45, 7) is 6.02. The summed E-state index contributed by atoms with van der Waals surface area (Å²) in [4.78, 5) is 26.1. The number of nitrogens with zero attached hydrogens (tertiary/aromatic N) is 1. The third-order valence-electron chi connectivity index (χ3n) is 9.47. The van der Waals surface area contributed by atoms with Gasteiger partial charge in [0.25, 0.3) is 0 Å². The number of aliphatic hydroxyl groups excluding tert-OH is 1. The number of ether oxygens (including phenoxy) is 2. The Labute approximate surface area is 265 Å². The van der Waals surface area contributed by atoms with Crippen LogP contribution in [0.1, 0.15) is 80.2 Å². The number of rotatable bonds is 8. The summed E-state index contributed by atoms with van der Waals surface area (Å²) in [5, 5.41) is 19.9. The van der Waals surface area contributed by atoms with Crippen molar-refractivity contribution in [3.05, 3.63) is 75.5 Å². The second-order valence-corrected chi connectivity index (χ2v) is 12.4. The van der Waals surface area contributed by atoms with Gasteiger partial charge < -0.3 is 25.2 Å². The number of hydrazone groups is 1. The Bertz CT molecular complexity index is 1560. The van der Waals surface area contributed by atoms with Crippen LogP contribution in [0.4, 0.5) is 10.5 Å². The molecule has 1 fully saturated rings. The summed E-state index contributed by atoms with van der Waals surface area (Å²) in [6.07, 6.45) is 6.12. The number of hydrogen-bond acceptors (Lipinski definition) is 8. The molecule has 9 nitrogen and oxygen atoms in total. The monoisotopic (exact) mass is 612 g/mol. The summed E-state index contributed by atoms with van der Waals surface area (Å²) in [5.74, 6) is 0.247. The summed E-state index contributed by atoms with van der Waals surface area (Å²) in [7, 11) is 0. The molecule has 2 heterocycles. The summed E-state index contributed by atoms with van der Waals surface area (Å²) in [6, 6.07) is 12.7. The summed E-state index contributed by atoms with van der Waals surface area (Å²) < 4.78 is 11.0. The van der Waals surface area contributed by atoms with Crippen molar-refractivity contribution in [2.45, 2.75) is 71.3 Å². The van der Waals surface area contributed by atoms with Gasteiger partial charge in [0.1, 0.15) is 6.10 Å². The minimum absolute atomic E-state index is 0.0432. The molecule has 2 unspecified atom stereocenters. The molecule has 4 N–H and O–H groups in total. The fourth-order valence-electron chi connectivity index (χ4n) is 7.25. The van der Waals surface area contributed by atoms with E-state index < -0.39 is 6.09 Å². The molecule has 1 amide bonds. The highest BCUT2D eigenvalue weighted by molar-refractivity contribution is 6.30. The predicted octanol–water partition coefficient (Wildman–Crippen LogP) is 5.37. The van der Waals surface area contributed by atoms with E-state index in [9.17, 15) is 9.59 Å². The van der Waals surface area contributed by atoms with Crippen molar-refractivity contribution in [3.63, 3.8) is 0 Å². The van der Waals surface area contributed by atoms with Crippen LogP contribution >= 0.6 is 0 Å². The largest absolute Gasteiger partial charge is 0.446 e. The number of benzene rings is 2. The van der Waals surface area contributed by atoms with Gasteiger partial charge in [-0.05, 0) is 116 Å². The van der Waals surface area contributed by atoms with Crippen molar-refractivity contribution in [1.29, 1.82) is 0 Å². The number of carbonyl (C=O) groups excluding carboxylic acids is 2. The Kier molecular flexibility index (Phi) is 9.66. The molecule has 45 heavy (non-hydrogen) atoms. The van der Waals surface area contributed by atoms with Crippen molar-refractivity contribution in [2.75, 3.05) is 38.2 Å². The molecule has 9 heteroatoms. The van der Waals surface area contributed by atoms with Crippen LogP contribution in [0.25, 0.3) is 11.1 Å². The van der Waals surface area contributed by atoms with Crippen LogP contribution in [-0.4, -0.2) is 61.7 Å². The van der Waals surface area contributed by atoms with Crippen molar-refractivity contribution in [1.82, 2.24) is 10.7 Å². The molecular weight excluding hydrogens is 568 g/mol. The number of hydrogen-bond donors (Lipinski definition) is 4. The molecule has 0 spiro atoms. The SMILES string of the molecule is CC1=C2CCCC(OC(=O)NCCOCCO)CCC2C(c2cccc(C3=C(C)c4cc5c(cc4CC3=O)NCCC5)c2)=NN1. The second-order valence-electron chi connectivity index (χ2n) is 12.4. The number of anilines is 1. The lowest BCUT2D eigenvalue weighted by Gasteiger charge is -2.32. The highest BCUT2D eigenvalue weighted by Gasteiger charge is 2.32. The Balaban J connectivity index is 1.21. The fourth-order valence-corrected chi connectivity index (χ4v) is 7.25. The standard InChI is InChI=1S/C36H44N4O5/c1-22-31-19-24-8-5-13-37-32(24)20-27(31)21-33(42)34(22)25-6-3-7-26(18-25)35-30-12-11-28(9-4-10-29(30)23(2)39-40-35)45-36(43)38-14-16-44-17-15-41/h3,6-7,18-20,28,30,37,39,41H,4-5,8-17,21H2,1-2H3,(H,38,43). The van der Waals surface area contributed by atoms with Gasteiger partial charge in [-0.25, -0.2) is 4.79 Å². The van der Waals surface area contributed by atoms with Crippen molar-refractivity contribution in [3.8, 4) is 0 Å². The van der Waals surface area contributed by atoms with Crippen LogP contribution in [0.15, 0.2) is 52.8 Å². The van der Waals surface area contributed by atoms with Gasteiger partial charge >= 0.3 is 6.09 Å². The number of amides is 1. The van der Waals surface area contributed by atoms with E-state index in [-0.39, 0.29) is 31.0 Å². The van der Waals surface area contributed by atoms with E-state index in [0.717, 1.165) is 90.7 Å². The maximum atomic E-state index is 13.6. The number of nitrogens with one attached hydrogen (secondary N) is 3. The highest BCUT2D eigenvalue weighted by atomic mass is 16.6. The van der Waals surface area contributed by atoms with Crippen LogP contribution in [0, 0.1) is 5.92 Å². The van der Waals surface area contributed by atoms with Gasteiger partial charge in [0.05, 0.1) is 25.5 Å². The van der Waals surface area contributed by atoms with Gasteiger partial charge in [0.15, 0.2) is 5.78 Å². The Morgan fingerprint density at radius 3 is 2.78 bits per heavy atom. The van der Waals surface area contributed by atoms with Crippen LogP contribution < -0.4 is 16.1 Å². The first-order valence-corrected chi connectivity index (χ1v) is 16.3. The molecule has 2 aromatic carbocycles. The smallest absolute Gasteiger partial charge is 0.407 e. The van der Waals surface area contributed by atoms with Crippen molar-refractivity contribution in [2.24, 2.45) is 11.0 Å². The van der Waals surface area contributed by atoms with E-state index >= 15 is 0 Å². The van der Waals surface area contributed by atoms with Crippen LogP contribution in [0.5, 0.6) is 0 Å². The molecule has 2 atom stereocenters. The molecule has 0 aromatic heterocycles. The molecule has 2 aliphatic heterocycles. The molecule has 6 rings (SSSR count).